The summed E-state index contributed by atoms with van der Waals surface area (Å²) in [6, 6.07) is 16.2. The number of benzene rings is 2. The molecule has 0 fully saturated rings. The fourth-order valence-electron chi connectivity index (χ4n) is 2.97. The molecule has 0 saturated carbocycles. The fraction of sp³-hybridized carbons (Fsp3) is 0.217. The fourth-order valence-corrected chi connectivity index (χ4v) is 3.10. The number of nitriles is 1. The van der Waals surface area contributed by atoms with Crippen molar-refractivity contribution in [2.75, 3.05) is 6.61 Å². The van der Waals surface area contributed by atoms with E-state index in [0.717, 1.165) is 4.68 Å². The molecule has 0 bridgehead atoms. The smallest absolute Gasteiger partial charge is 0.284 e. The van der Waals surface area contributed by atoms with Crippen LogP contribution in [0.25, 0.3) is 16.9 Å². The van der Waals surface area contributed by atoms with E-state index in [0.29, 0.717) is 27.5 Å². The van der Waals surface area contributed by atoms with Gasteiger partial charge in [-0.05, 0) is 42.3 Å². The molecule has 8 heteroatoms. The summed E-state index contributed by atoms with van der Waals surface area (Å²) in [5, 5.41) is 26.4. The Morgan fingerprint density at radius 2 is 1.94 bits per heavy atom. The Labute approximate surface area is 184 Å². The lowest BCUT2D eigenvalue weighted by Gasteiger charge is -2.20. The number of carbonyl (C=O) groups is 1. The van der Waals surface area contributed by atoms with Gasteiger partial charge in [-0.2, -0.15) is 15.0 Å². The quantitative estimate of drug-likeness (QED) is 0.617. The number of halogens is 1. The van der Waals surface area contributed by atoms with Gasteiger partial charge in [-0.25, -0.2) is 0 Å². The van der Waals surface area contributed by atoms with E-state index in [9.17, 15) is 20.0 Å². The molecule has 158 valence electrons. The second kappa shape index (κ2) is 9.56. The van der Waals surface area contributed by atoms with Crippen molar-refractivity contribution < 1.29 is 9.90 Å². The maximum Gasteiger partial charge on any atom is 0.284 e. The lowest BCUT2D eigenvalue weighted by Crippen LogP contribution is -2.43. The van der Waals surface area contributed by atoms with Crippen molar-refractivity contribution in [3.63, 3.8) is 0 Å². The summed E-state index contributed by atoms with van der Waals surface area (Å²) in [6.45, 7) is 3.47. The van der Waals surface area contributed by atoms with Gasteiger partial charge in [0, 0.05) is 10.6 Å². The van der Waals surface area contributed by atoms with Gasteiger partial charge in [0.15, 0.2) is 0 Å². The molecule has 7 nitrogen and oxygen atoms in total. The molecular weight excluding hydrogens is 416 g/mol. The second-order valence-electron chi connectivity index (χ2n) is 7.34. The van der Waals surface area contributed by atoms with Crippen molar-refractivity contribution in [1.82, 2.24) is 15.1 Å². The van der Waals surface area contributed by atoms with Gasteiger partial charge in [0.25, 0.3) is 11.5 Å². The zero-order valence-electron chi connectivity index (χ0n) is 17.0. The number of amides is 1. The van der Waals surface area contributed by atoms with Crippen LogP contribution in [0.5, 0.6) is 0 Å². The van der Waals surface area contributed by atoms with Crippen molar-refractivity contribution >= 4 is 17.5 Å². The molecule has 0 aliphatic heterocycles. The molecule has 1 amide bonds. The zero-order chi connectivity index (χ0) is 22.5. The molecule has 2 aromatic carbocycles. The Bertz CT molecular complexity index is 1200. The molecule has 3 rings (SSSR count). The Kier molecular flexibility index (Phi) is 6.85. The number of hydrogen-bond acceptors (Lipinski definition) is 5. The normalized spacial score (nSPS) is 11.7. The van der Waals surface area contributed by atoms with Gasteiger partial charge >= 0.3 is 0 Å². The number of aromatic nitrogens is 2. The number of nitrogens with zero attached hydrogens (tertiary/aromatic N) is 3. The van der Waals surface area contributed by atoms with Crippen LogP contribution in [-0.2, 0) is 0 Å². The third-order valence-electron chi connectivity index (χ3n) is 4.83. The molecule has 2 N–H and O–H groups in total. The largest absolute Gasteiger partial charge is 0.394 e. The lowest BCUT2D eigenvalue weighted by atomic mass is 10.0. The van der Waals surface area contributed by atoms with Crippen LogP contribution in [0, 0.1) is 17.2 Å². The van der Waals surface area contributed by atoms with E-state index in [1.807, 2.05) is 19.9 Å². The second-order valence-corrected chi connectivity index (χ2v) is 7.77. The standard InChI is InChI=1S/C23H21ClN4O3/c1-14(2)21(13-29)26-22(30)19-11-20(16-6-8-17(24)9-7-16)27-28(23(19)31)18-5-3-4-15(10-18)12-25/h3-11,14,21,29H,13H2,1-2H3,(H,26,30). The van der Waals surface area contributed by atoms with E-state index in [4.69, 9.17) is 11.6 Å². The highest BCUT2D eigenvalue weighted by Gasteiger charge is 2.21. The Balaban J connectivity index is 2.18. The molecule has 3 aromatic rings. The van der Waals surface area contributed by atoms with Crippen LogP contribution in [0.2, 0.25) is 5.02 Å². The first kappa shape index (κ1) is 22.2. The third kappa shape index (κ3) is 5.00. The number of aliphatic hydroxyl groups excluding tert-OH is 1. The zero-order valence-corrected chi connectivity index (χ0v) is 17.8. The molecule has 31 heavy (non-hydrogen) atoms. The van der Waals surface area contributed by atoms with Crippen molar-refractivity contribution in [3.8, 4) is 23.0 Å². The summed E-state index contributed by atoms with van der Waals surface area (Å²) in [4.78, 5) is 26.1. The van der Waals surface area contributed by atoms with Gasteiger partial charge < -0.3 is 10.4 Å². The molecule has 0 aliphatic rings. The van der Waals surface area contributed by atoms with E-state index in [1.54, 1.807) is 42.5 Å². The molecular formula is C23H21ClN4O3. The van der Waals surface area contributed by atoms with E-state index in [1.165, 1.54) is 12.1 Å². The van der Waals surface area contributed by atoms with Crippen molar-refractivity contribution in [2.45, 2.75) is 19.9 Å². The summed E-state index contributed by atoms with van der Waals surface area (Å²) in [7, 11) is 0. The third-order valence-corrected chi connectivity index (χ3v) is 5.09. The van der Waals surface area contributed by atoms with Crippen LogP contribution in [0.1, 0.15) is 29.8 Å². The minimum atomic E-state index is -0.634. The number of rotatable bonds is 6. The van der Waals surface area contributed by atoms with Gasteiger partial charge in [0.1, 0.15) is 5.56 Å². The summed E-state index contributed by atoms with van der Waals surface area (Å²) in [5.41, 5.74) is 0.998. The van der Waals surface area contributed by atoms with Gasteiger partial charge in [-0.15, -0.1) is 0 Å². The van der Waals surface area contributed by atoms with Crippen LogP contribution in [0.4, 0.5) is 0 Å². The molecule has 1 atom stereocenters. The van der Waals surface area contributed by atoms with E-state index in [-0.39, 0.29) is 18.1 Å². The minimum absolute atomic E-state index is 0.0268. The van der Waals surface area contributed by atoms with Crippen molar-refractivity contribution in [2.24, 2.45) is 5.92 Å². The maximum absolute atomic E-state index is 13.2. The highest BCUT2D eigenvalue weighted by Crippen LogP contribution is 2.20. The van der Waals surface area contributed by atoms with Gasteiger partial charge in [-0.1, -0.05) is 43.6 Å². The molecule has 1 heterocycles. The van der Waals surface area contributed by atoms with Gasteiger partial charge in [0.2, 0.25) is 0 Å². The average Bonchev–Trinajstić information content (AvgIpc) is 2.77. The number of hydrogen-bond donors (Lipinski definition) is 2. The Morgan fingerprint density at radius 1 is 1.23 bits per heavy atom. The summed E-state index contributed by atoms with van der Waals surface area (Å²) in [5.74, 6) is -0.637. The topological polar surface area (TPSA) is 108 Å². The number of nitrogens with one attached hydrogen (secondary N) is 1. The van der Waals surface area contributed by atoms with E-state index in [2.05, 4.69) is 10.4 Å². The van der Waals surface area contributed by atoms with Crippen LogP contribution >= 0.6 is 11.6 Å². The van der Waals surface area contributed by atoms with Gasteiger partial charge in [0.05, 0.1) is 35.7 Å². The summed E-state index contributed by atoms with van der Waals surface area (Å²) in [6.07, 6.45) is 0. The first-order valence-corrected chi connectivity index (χ1v) is 10.0. The molecule has 0 aliphatic carbocycles. The van der Waals surface area contributed by atoms with Crippen LogP contribution in [-0.4, -0.2) is 33.4 Å². The predicted octanol–water partition coefficient (Wildman–Crippen LogP) is 3.17. The maximum atomic E-state index is 13.2. The number of carbonyl (C=O) groups excluding carboxylic acids is 1. The Morgan fingerprint density at radius 3 is 2.55 bits per heavy atom. The monoisotopic (exact) mass is 436 g/mol. The molecule has 0 radical (unpaired) electrons. The summed E-state index contributed by atoms with van der Waals surface area (Å²) < 4.78 is 1.10. The summed E-state index contributed by atoms with van der Waals surface area (Å²) >= 11 is 5.98. The van der Waals surface area contributed by atoms with E-state index >= 15 is 0 Å². The van der Waals surface area contributed by atoms with Crippen LogP contribution in [0.15, 0.2) is 59.4 Å². The van der Waals surface area contributed by atoms with Gasteiger partial charge in [-0.3, -0.25) is 9.59 Å². The van der Waals surface area contributed by atoms with Crippen molar-refractivity contribution in [1.29, 1.82) is 5.26 Å². The highest BCUT2D eigenvalue weighted by atomic mass is 35.5. The first-order valence-electron chi connectivity index (χ1n) is 9.66. The highest BCUT2D eigenvalue weighted by molar-refractivity contribution is 6.30. The molecule has 1 aromatic heterocycles. The van der Waals surface area contributed by atoms with Crippen LogP contribution < -0.4 is 10.9 Å². The molecule has 0 spiro atoms. The SMILES string of the molecule is CC(C)C(CO)NC(=O)c1cc(-c2ccc(Cl)cc2)nn(-c2cccc(C#N)c2)c1=O. The number of aliphatic hydroxyl groups is 1. The Hall–Kier alpha value is -3.47. The lowest BCUT2D eigenvalue weighted by molar-refractivity contribution is 0.0894. The minimum Gasteiger partial charge on any atom is -0.394 e. The molecule has 0 saturated heterocycles. The molecule has 1 unspecified atom stereocenters. The first-order chi connectivity index (χ1) is 14.8. The average molecular weight is 437 g/mol. The van der Waals surface area contributed by atoms with E-state index < -0.39 is 17.5 Å². The van der Waals surface area contributed by atoms with Crippen molar-refractivity contribution in [3.05, 3.63) is 81.1 Å². The predicted molar refractivity (Wildman–Crippen MR) is 118 cm³/mol. The van der Waals surface area contributed by atoms with Crippen LogP contribution in [0.3, 0.4) is 0 Å².